The van der Waals surface area contributed by atoms with E-state index < -0.39 is 12.3 Å². The third-order valence-electron chi connectivity index (χ3n) is 2.86. The van der Waals surface area contributed by atoms with E-state index in [1.807, 2.05) is 0 Å². The second kappa shape index (κ2) is 6.12. The van der Waals surface area contributed by atoms with Crippen molar-refractivity contribution in [2.24, 2.45) is 0 Å². The van der Waals surface area contributed by atoms with Gasteiger partial charge in [-0.15, -0.1) is 0 Å². The van der Waals surface area contributed by atoms with Crippen molar-refractivity contribution in [1.82, 2.24) is 4.90 Å². The molecule has 1 amide bonds. The smallest absolute Gasteiger partial charge is 0.412 e. The zero-order chi connectivity index (χ0) is 13.8. The number of ether oxygens (including phenoxy) is 2. The summed E-state index contributed by atoms with van der Waals surface area (Å²) in [5, 5.41) is 10.2. The van der Waals surface area contributed by atoms with Gasteiger partial charge in [0.25, 0.3) is 0 Å². The Morgan fingerprint density at radius 3 is 3.11 bits per heavy atom. The lowest BCUT2D eigenvalue weighted by Gasteiger charge is -2.18. The highest BCUT2D eigenvalue weighted by Crippen LogP contribution is 2.19. The van der Waals surface area contributed by atoms with Crippen LogP contribution in [0.1, 0.15) is 13.3 Å². The summed E-state index contributed by atoms with van der Waals surface area (Å²) in [6, 6.07) is 7.01. The van der Waals surface area contributed by atoms with Crippen LogP contribution in [-0.4, -0.2) is 41.6 Å². The number of carbonyl (C=O) groups is 1. The number of rotatable bonds is 5. The second-order valence-corrected chi connectivity index (χ2v) is 4.75. The Morgan fingerprint density at radius 1 is 1.63 bits per heavy atom. The van der Waals surface area contributed by atoms with Crippen LogP contribution in [0.3, 0.4) is 0 Å². The third-order valence-corrected chi connectivity index (χ3v) is 3.09. The maximum atomic E-state index is 11.5. The molecule has 1 aromatic rings. The number of aliphatic hydroxyl groups excluding tert-OH is 1. The zero-order valence-electron chi connectivity index (χ0n) is 10.6. The molecule has 1 fully saturated rings. The lowest BCUT2D eigenvalue weighted by molar-refractivity contribution is 0.0350. The molecule has 5 nitrogen and oxygen atoms in total. The monoisotopic (exact) mass is 285 g/mol. The molecule has 0 aliphatic carbocycles. The van der Waals surface area contributed by atoms with Gasteiger partial charge in [-0.05, 0) is 24.6 Å². The molecule has 2 atom stereocenters. The quantitative estimate of drug-likeness (QED) is 0.901. The van der Waals surface area contributed by atoms with Crippen molar-refractivity contribution in [3.8, 4) is 5.75 Å². The summed E-state index contributed by atoms with van der Waals surface area (Å²) in [6.07, 6.45) is -1.22. The van der Waals surface area contributed by atoms with Gasteiger partial charge in [0, 0.05) is 5.02 Å². The number of nitrogens with zero attached hydrogens (tertiary/aromatic N) is 1. The van der Waals surface area contributed by atoms with E-state index in [0.29, 0.717) is 23.7 Å². The molecule has 1 aromatic carbocycles. The Hall–Kier alpha value is -1.46. The van der Waals surface area contributed by atoms with E-state index in [1.54, 1.807) is 31.2 Å². The van der Waals surface area contributed by atoms with Gasteiger partial charge < -0.3 is 14.6 Å². The predicted molar refractivity (Wildman–Crippen MR) is 70.2 cm³/mol. The van der Waals surface area contributed by atoms with Gasteiger partial charge >= 0.3 is 6.09 Å². The molecule has 1 N–H and O–H groups in total. The maximum Gasteiger partial charge on any atom is 0.412 e. The van der Waals surface area contributed by atoms with E-state index in [4.69, 9.17) is 21.1 Å². The minimum atomic E-state index is -0.802. The minimum Gasteiger partial charge on any atom is -0.490 e. The molecule has 0 aromatic heterocycles. The number of halogens is 1. The molecule has 2 rings (SSSR count). The highest BCUT2D eigenvalue weighted by atomic mass is 35.5. The highest BCUT2D eigenvalue weighted by molar-refractivity contribution is 6.30. The lowest BCUT2D eigenvalue weighted by atomic mass is 10.3. The fourth-order valence-electron chi connectivity index (χ4n) is 1.84. The van der Waals surface area contributed by atoms with Gasteiger partial charge in [-0.25, -0.2) is 4.79 Å². The third kappa shape index (κ3) is 3.52. The predicted octanol–water partition coefficient (Wildman–Crippen LogP) is 2.27. The Bertz CT molecular complexity index is 454. The Balaban J connectivity index is 1.86. The number of cyclic esters (lactones) is 1. The standard InChI is InChI=1S/C13H16ClNO4/c1-2-12(16)15-7-11(19-13(15)17)8-18-10-5-3-4-9(14)6-10/h3-6,11-12,16H,2,7-8H2,1H3/t11-,12?/m0/s1. The maximum absolute atomic E-state index is 11.5. The van der Waals surface area contributed by atoms with Gasteiger partial charge in [0.2, 0.25) is 0 Å². The van der Waals surface area contributed by atoms with E-state index in [-0.39, 0.29) is 12.7 Å². The summed E-state index contributed by atoms with van der Waals surface area (Å²) in [7, 11) is 0. The molecule has 1 heterocycles. The Morgan fingerprint density at radius 2 is 2.42 bits per heavy atom. The first kappa shape index (κ1) is 14.0. The molecule has 6 heteroatoms. The molecule has 19 heavy (non-hydrogen) atoms. The second-order valence-electron chi connectivity index (χ2n) is 4.32. The van der Waals surface area contributed by atoms with Gasteiger partial charge in [-0.1, -0.05) is 24.6 Å². The van der Waals surface area contributed by atoms with E-state index in [2.05, 4.69) is 0 Å². The van der Waals surface area contributed by atoms with Crippen LogP contribution in [-0.2, 0) is 4.74 Å². The Kier molecular flexibility index (Phi) is 4.50. The molecular weight excluding hydrogens is 270 g/mol. The van der Waals surface area contributed by atoms with Crippen molar-refractivity contribution >= 4 is 17.7 Å². The SMILES string of the molecule is CCC(O)N1C[C@@H](COc2cccc(Cl)c2)OC1=O. The summed E-state index contributed by atoms with van der Waals surface area (Å²) in [6.45, 7) is 2.36. The van der Waals surface area contributed by atoms with Crippen LogP contribution >= 0.6 is 11.6 Å². The van der Waals surface area contributed by atoms with Gasteiger partial charge in [0.05, 0.1) is 6.54 Å². The number of benzene rings is 1. The Labute approximate surface area is 116 Å². The van der Waals surface area contributed by atoms with Crippen molar-refractivity contribution in [2.75, 3.05) is 13.2 Å². The van der Waals surface area contributed by atoms with Crippen molar-refractivity contribution in [1.29, 1.82) is 0 Å². The summed E-state index contributed by atoms with van der Waals surface area (Å²) in [4.78, 5) is 12.8. The average Bonchev–Trinajstić information content (AvgIpc) is 2.77. The fourth-order valence-corrected chi connectivity index (χ4v) is 2.02. The van der Waals surface area contributed by atoms with Gasteiger partial charge in [-0.2, -0.15) is 0 Å². The van der Waals surface area contributed by atoms with Crippen LogP contribution in [0.15, 0.2) is 24.3 Å². The first-order chi connectivity index (χ1) is 9.10. The van der Waals surface area contributed by atoms with E-state index >= 15 is 0 Å². The van der Waals surface area contributed by atoms with Crippen LogP contribution in [0, 0.1) is 0 Å². The molecule has 0 radical (unpaired) electrons. The summed E-state index contributed by atoms with van der Waals surface area (Å²) < 4.78 is 10.6. The zero-order valence-corrected chi connectivity index (χ0v) is 11.3. The molecular formula is C13H16ClNO4. The minimum absolute atomic E-state index is 0.235. The molecule has 0 spiro atoms. The van der Waals surface area contributed by atoms with E-state index in [1.165, 1.54) is 4.90 Å². The number of carbonyl (C=O) groups excluding carboxylic acids is 1. The lowest BCUT2D eigenvalue weighted by Crippen LogP contribution is -2.36. The first-order valence-corrected chi connectivity index (χ1v) is 6.51. The fraction of sp³-hybridized carbons (Fsp3) is 0.462. The van der Waals surface area contributed by atoms with Crippen LogP contribution in [0.25, 0.3) is 0 Å². The van der Waals surface area contributed by atoms with Gasteiger partial charge in [0.1, 0.15) is 18.6 Å². The summed E-state index contributed by atoms with van der Waals surface area (Å²) in [5.74, 6) is 0.623. The number of hydrogen-bond acceptors (Lipinski definition) is 4. The van der Waals surface area contributed by atoms with Crippen LogP contribution in [0.2, 0.25) is 5.02 Å². The van der Waals surface area contributed by atoms with Crippen molar-refractivity contribution in [3.05, 3.63) is 29.3 Å². The number of hydrogen-bond donors (Lipinski definition) is 1. The first-order valence-electron chi connectivity index (χ1n) is 6.14. The van der Waals surface area contributed by atoms with Crippen molar-refractivity contribution < 1.29 is 19.4 Å². The molecule has 0 bridgehead atoms. The van der Waals surface area contributed by atoms with E-state index in [9.17, 15) is 9.90 Å². The largest absolute Gasteiger partial charge is 0.490 e. The normalized spacial score (nSPS) is 20.3. The molecule has 1 saturated heterocycles. The molecule has 1 unspecified atom stereocenters. The van der Waals surface area contributed by atoms with Crippen LogP contribution in [0.4, 0.5) is 4.79 Å². The van der Waals surface area contributed by atoms with Crippen molar-refractivity contribution in [3.63, 3.8) is 0 Å². The van der Waals surface area contributed by atoms with Gasteiger partial charge in [0.15, 0.2) is 6.10 Å². The van der Waals surface area contributed by atoms with Crippen LogP contribution in [0.5, 0.6) is 5.75 Å². The average molecular weight is 286 g/mol. The van der Waals surface area contributed by atoms with E-state index in [0.717, 1.165) is 0 Å². The van der Waals surface area contributed by atoms with Gasteiger partial charge in [-0.3, -0.25) is 4.90 Å². The highest BCUT2D eigenvalue weighted by Gasteiger charge is 2.35. The number of amides is 1. The molecule has 0 saturated carbocycles. The summed E-state index contributed by atoms with van der Waals surface area (Å²) >= 11 is 5.84. The molecule has 1 aliphatic rings. The van der Waals surface area contributed by atoms with Crippen LogP contribution < -0.4 is 4.74 Å². The molecule has 104 valence electrons. The molecule has 1 aliphatic heterocycles. The topological polar surface area (TPSA) is 59.0 Å². The number of aliphatic hydroxyl groups is 1. The van der Waals surface area contributed by atoms with Crippen molar-refractivity contribution in [2.45, 2.75) is 25.7 Å². The summed E-state index contributed by atoms with van der Waals surface area (Å²) in [5.41, 5.74) is 0.